The molecule has 5 heteroatoms. The Kier molecular flexibility index (Phi) is 4.80. The van der Waals surface area contributed by atoms with Gasteiger partial charge in [0.25, 0.3) is 0 Å². The maximum atomic E-state index is 12.0. The number of carbonyl (C=O) groups is 1. The average molecular weight is 275 g/mol. The van der Waals surface area contributed by atoms with Crippen LogP contribution in [0.15, 0.2) is 18.2 Å². The Morgan fingerprint density at radius 3 is 2.12 bits per heavy atom. The Labute approximate surface area is 111 Å². The fourth-order valence-electron chi connectivity index (χ4n) is 1.45. The van der Waals surface area contributed by atoms with Gasteiger partial charge in [0, 0.05) is 15.7 Å². The number of anilines is 1. The quantitative estimate of drug-likeness (QED) is 0.884. The van der Waals surface area contributed by atoms with Crippen LogP contribution in [-0.4, -0.2) is 11.4 Å². The summed E-state index contributed by atoms with van der Waals surface area (Å²) >= 11 is 11.7. The largest absolute Gasteiger partial charge is 0.324 e. The van der Waals surface area contributed by atoms with Gasteiger partial charge in [0.2, 0.25) is 5.91 Å². The molecule has 0 fully saturated rings. The Hall–Kier alpha value is -0.770. The summed E-state index contributed by atoms with van der Waals surface area (Å²) in [6, 6.07) is 4.88. The van der Waals surface area contributed by atoms with Gasteiger partial charge in [-0.2, -0.15) is 0 Å². The van der Waals surface area contributed by atoms with Gasteiger partial charge in [0.05, 0.1) is 5.54 Å². The molecule has 0 radical (unpaired) electrons. The van der Waals surface area contributed by atoms with E-state index in [-0.39, 0.29) is 5.91 Å². The molecule has 1 amide bonds. The summed E-state index contributed by atoms with van der Waals surface area (Å²) in [5, 5.41) is 3.68. The average Bonchev–Trinajstić information content (AvgIpc) is 2.26. The lowest BCUT2D eigenvalue weighted by molar-refractivity contribution is -0.121. The van der Waals surface area contributed by atoms with Crippen LogP contribution in [0.2, 0.25) is 10.0 Å². The van der Waals surface area contributed by atoms with Gasteiger partial charge in [-0.15, -0.1) is 0 Å². The number of nitrogens with one attached hydrogen (secondary N) is 1. The van der Waals surface area contributed by atoms with Crippen LogP contribution in [0.4, 0.5) is 5.69 Å². The zero-order valence-electron chi connectivity index (χ0n) is 9.89. The van der Waals surface area contributed by atoms with Crippen LogP contribution < -0.4 is 11.1 Å². The molecule has 94 valence electrons. The van der Waals surface area contributed by atoms with Crippen molar-refractivity contribution in [2.45, 2.75) is 32.2 Å². The molecule has 0 bridgehead atoms. The molecule has 0 aliphatic rings. The van der Waals surface area contributed by atoms with Gasteiger partial charge in [0.15, 0.2) is 0 Å². The van der Waals surface area contributed by atoms with Gasteiger partial charge >= 0.3 is 0 Å². The van der Waals surface area contributed by atoms with E-state index in [0.717, 1.165) is 0 Å². The van der Waals surface area contributed by atoms with E-state index in [1.807, 2.05) is 13.8 Å². The van der Waals surface area contributed by atoms with Crippen LogP contribution >= 0.6 is 23.2 Å². The van der Waals surface area contributed by atoms with Crippen molar-refractivity contribution in [2.75, 3.05) is 5.32 Å². The van der Waals surface area contributed by atoms with Gasteiger partial charge in [0.1, 0.15) is 0 Å². The second kappa shape index (κ2) is 5.71. The van der Waals surface area contributed by atoms with E-state index in [0.29, 0.717) is 28.6 Å². The summed E-state index contributed by atoms with van der Waals surface area (Å²) in [5.74, 6) is -0.221. The molecule has 3 N–H and O–H groups in total. The van der Waals surface area contributed by atoms with Crippen LogP contribution in [0, 0.1) is 0 Å². The van der Waals surface area contributed by atoms with Crippen LogP contribution in [0.25, 0.3) is 0 Å². The minimum Gasteiger partial charge on any atom is -0.324 e. The van der Waals surface area contributed by atoms with Crippen molar-refractivity contribution < 1.29 is 4.79 Å². The fraction of sp³-hybridized carbons (Fsp3) is 0.417. The van der Waals surface area contributed by atoms with E-state index >= 15 is 0 Å². The predicted molar refractivity (Wildman–Crippen MR) is 72.6 cm³/mol. The third-order valence-electron chi connectivity index (χ3n) is 2.83. The number of hydrogen-bond donors (Lipinski definition) is 2. The minimum absolute atomic E-state index is 0.221. The molecule has 0 heterocycles. The molecule has 1 aromatic rings. The van der Waals surface area contributed by atoms with E-state index in [1.54, 1.807) is 18.2 Å². The highest BCUT2D eigenvalue weighted by Gasteiger charge is 2.29. The molecular formula is C12H16Cl2N2O. The van der Waals surface area contributed by atoms with Crippen molar-refractivity contribution in [2.24, 2.45) is 5.73 Å². The topological polar surface area (TPSA) is 55.1 Å². The van der Waals surface area contributed by atoms with Gasteiger partial charge in [-0.1, -0.05) is 37.0 Å². The summed E-state index contributed by atoms with van der Waals surface area (Å²) in [7, 11) is 0. The van der Waals surface area contributed by atoms with Gasteiger partial charge in [-0.25, -0.2) is 0 Å². The van der Waals surface area contributed by atoms with E-state index in [1.165, 1.54) is 0 Å². The lowest BCUT2D eigenvalue weighted by atomic mass is 9.93. The molecule has 1 rings (SSSR count). The van der Waals surface area contributed by atoms with Crippen molar-refractivity contribution in [3.63, 3.8) is 0 Å². The molecule has 0 atom stereocenters. The number of rotatable bonds is 4. The molecule has 0 saturated heterocycles. The number of halogens is 2. The molecule has 0 aliphatic heterocycles. The summed E-state index contributed by atoms with van der Waals surface area (Å²) < 4.78 is 0. The number of nitrogens with two attached hydrogens (primary N) is 1. The van der Waals surface area contributed by atoms with Crippen LogP contribution in [0.5, 0.6) is 0 Å². The first-order valence-corrected chi connectivity index (χ1v) is 6.23. The van der Waals surface area contributed by atoms with Crippen molar-refractivity contribution in [1.82, 2.24) is 0 Å². The van der Waals surface area contributed by atoms with E-state index < -0.39 is 5.54 Å². The van der Waals surface area contributed by atoms with E-state index in [4.69, 9.17) is 28.9 Å². The minimum atomic E-state index is -0.852. The first kappa shape index (κ1) is 14.3. The molecule has 0 saturated carbocycles. The van der Waals surface area contributed by atoms with Crippen LogP contribution in [0.1, 0.15) is 26.7 Å². The Bertz CT molecular complexity index is 397. The predicted octanol–water partition coefficient (Wildman–Crippen LogP) is 3.45. The maximum absolute atomic E-state index is 12.0. The number of benzene rings is 1. The third-order valence-corrected chi connectivity index (χ3v) is 3.27. The third kappa shape index (κ3) is 3.60. The first-order chi connectivity index (χ1) is 7.91. The normalized spacial score (nSPS) is 11.4. The standard InChI is InChI=1S/C12H16Cl2N2O/c1-3-12(15,4-2)11(17)16-10-6-8(13)5-9(14)7-10/h5-7H,3-4,15H2,1-2H3,(H,16,17). The second-order valence-corrected chi connectivity index (χ2v) is 4.85. The van der Waals surface area contributed by atoms with E-state index in [2.05, 4.69) is 5.32 Å². The number of amides is 1. The van der Waals surface area contributed by atoms with Gasteiger partial charge in [-0.05, 0) is 31.0 Å². The molecule has 1 aromatic carbocycles. The van der Waals surface area contributed by atoms with Crippen LogP contribution in [-0.2, 0) is 4.79 Å². The lowest BCUT2D eigenvalue weighted by Gasteiger charge is -2.25. The summed E-state index contributed by atoms with van der Waals surface area (Å²) in [5.41, 5.74) is 5.69. The zero-order valence-corrected chi connectivity index (χ0v) is 11.4. The molecule has 0 spiro atoms. The fourth-order valence-corrected chi connectivity index (χ4v) is 1.98. The highest BCUT2D eigenvalue weighted by atomic mass is 35.5. The Morgan fingerprint density at radius 2 is 1.71 bits per heavy atom. The lowest BCUT2D eigenvalue weighted by Crippen LogP contribution is -2.50. The van der Waals surface area contributed by atoms with Gasteiger partial charge in [-0.3, -0.25) is 4.79 Å². The molecule has 17 heavy (non-hydrogen) atoms. The summed E-state index contributed by atoms with van der Waals surface area (Å²) in [6.07, 6.45) is 1.15. The van der Waals surface area contributed by atoms with Crippen molar-refractivity contribution in [1.29, 1.82) is 0 Å². The van der Waals surface area contributed by atoms with Crippen LogP contribution in [0.3, 0.4) is 0 Å². The smallest absolute Gasteiger partial charge is 0.244 e. The van der Waals surface area contributed by atoms with Crippen molar-refractivity contribution in [3.05, 3.63) is 28.2 Å². The zero-order chi connectivity index (χ0) is 13.1. The molecule has 0 unspecified atom stereocenters. The Morgan fingerprint density at radius 1 is 1.24 bits per heavy atom. The summed E-state index contributed by atoms with van der Waals surface area (Å²) in [4.78, 5) is 12.0. The SMILES string of the molecule is CCC(N)(CC)C(=O)Nc1cc(Cl)cc(Cl)c1. The molecule has 0 aromatic heterocycles. The first-order valence-electron chi connectivity index (χ1n) is 5.47. The molecular weight excluding hydrogens is 259 g/mol. The highest BCUT2D eigenvalue weighted by Crippen LogP contribution is 2.23. The number of carbonyl (C=O) groups excluding carboxylic acids is 1. The molecule has 0 aliphatic carbocycles. The summed E-state index contributed by atoms with van der Waals surface area (Å²) in [6.45, 7) is 3.77. The van der Waals surface area contributed by atoms with Crippen molar-refractivity contribution in [3.8, 4) is 0 Å². The highest BCUT2D eigenvalue weighted by molar-refractivity contribution is 6.35. The van der Waals surface area contributed by atoms with Crippen molar-refractivity contribution >= 4 is 34.8 Å². The monoisotopic (exact) mass is 274 g/mol. The maximum Gasteiger partial charge on any atom is 0.244 e. The van der Waals surface area contributed by atoms with Gasteiger partial charge < -0.3 is 11.1 Å². The second-order valence-electron chi connectivity index (χ2n) is 3.98. The molecule has 3 nitrogen and oxygen atoms in total. The van der Waals surface area contributed by atoms with E-state index in [9.17, 15) is 4.79 Å². The number of hydrogen-bond acceptors (Lipinski definition) is 2. The Balaban J connectivity index is 2.87.